The monoisotopic (exact) mass is 372 g/mol. The van der Waals surface area contributed by atoms with Crippen molar-refractivity contribution < 1.29 is 13.2 Å². The van der Waals surface area contributed by atoms with E-state index in [1.807, 2.05) is 48.5 Å². The average Bonchev–Trinajstić information content (AvgIpc) is 3.16. The van der Waals surface area contributed by atoms with Gasteiger partial charge in [0.2, 0.25) is 10.0 Å². The van der Waals surface area contributed by atoms with Gasteiger partial charge in [-0.05, 0) is 23.6 Å². The van der Waals surface area contributed by atoms with Gasteiger partial charge in [-0.3, -0.25) is 4.90 Å². The van der Waals surface area contributed by atoms with Crippen LogP contribution in [0.4, 0.5) is 0 Å². The van der Waals surface area contributed by atoms with Gasteiger partial charge in [0, 0.05) is 33.3 Å². The first kappa shape index (κ1) is 17.7. The first-order valence-electron chi connectivity index (χ1n) is 8.95. The molecule has 2 heterocycles. The van der Waals surface area contributed by atoms with Crippen LogP contribution in [0.3, 0.4) is 0 Å². The SMILES string of the molecule is COCCN1CC[C@@]2(C1)c1ccccc1S(=O)(=O)N2Cc1ccccc1. The molecule has 5 nitrogen and oxygen atoms in total. The molecule has 1 atom stereocenters. The van der Waals surface area contributed by atoms with E-state index in [1.165, 1.54) is 0 Å². The predicted molar refractivity (Wildman–Crippen MR) is 100 cm³/mol. The number of fused-ring (bicyclic) bond motifs is 2. The van der Waals surface area contributed by atoms with Crippen LogP contribution >= 0.6 is 0 Å². The Hall–Kier alpha value is -1.73. The van der Waals surface area contributed by atoms with Gasteiger partial charge in [-0.15, -0.1) is 0 Å². The molecule has 0 saturated carbocycles. The molecule has 0 aromatic heterocycles. The van der Waals surface area contributed by atoms with E-state index in [1.54, 1.807) is 17.5 Å². The summed E-state index contributed by atoms with van der Waals surface area (Å²) in [6.07, 6.45) is 0.805. The van der Waals surface area contributed by atoms with Gasteiger partial charge in [0.15, 0.2) is 0 Å². The molecule has 138 valence electrons. The molecule has 4 rings (SSSR count). The second kappa shape index (κ2) is 6.78. The Morgan fingerprint density at radius 1 is 1.08 bits per heavy atom. The van der Waals surface area contributed by atoms with Crippen LogP contribution in [0.5, 0.6) is 0 Å². The summed E-state index contributed by atoms with van der Waals surface area (Å²) >= 11 is 0. The summed E-state index contributed by atoms with van der Waals surface area (Å²) in [7, 11) is -1.81. The lowest BCUT2D eigenvalue weighted by atomic mass is 9.88. The second-order valence-electron chi connectivity index (χ2n) is 7.04. The van der Waals surface area contributed by atoms with Crippen LogP contribution in [-0.2, 0) is 26.8 Å². The molecule has 0 unspecified atom stereocenters. The number of methoxy groups -OCH3 is 1. The molecule has 1 spiro atoms. The fourth-order valence-corrected chi connectivity index (χ4v) is 6.30. The van der Waals surface area contributed by atoms with Crippen molar-refractivity contribution in [3.8, 4) is 0 Å². The van der Waals surface area contributed by atoms with Crippen molar-refractivity contribution >= 4 is 10.0 Å². The molecule has 1 fully saturated rings. The Bertz CT molecular complexity index is 885. The van der Waals surface area contributed by atoms with E-state index in [2.05, 4.69) is 4.90 Å². The summed E-state index contributed by atoms with van der Waals surface area (Å²) in [5.41, 5.74) is 1.47. The molecule has 6 heteroatoms. The van der Waals surface area contributed by atoms with Gasteiger partial charge in [-0.2, -0.15) is 4.31 Å². The zero-order valence-corrected chi connectivity index (χ0v) is 15.8. The molecule has 2 aromatic carbocycles. The number of nitrogens with zero attached hydrogens (tertiary/aromatic N) is 2. The van der Waals surface area contributed by atoms with Crippen molar-refractivity contribution in [3.63, 3.8) is 0 Å². The minimum Gasteiger partial charge on any atom is -0.383 e. The van der Waals surface area contributed by atoms with Gasteiger partial charge >= 0.3 is 0 Å². The van der Waals surface area contributed by atoms with Crippen LogP contribution in [-0.4, -0.2) is 51.0 Å². The zero-order chi connectivity index (χ0) is 18.2. The lowest BCUT2D eigenvalue weighted by Crippen LogP contribution is -2.45. The van der Waals surface area contributed by atoms with E-state index in [0.29, 0.717) is 24.6 Å². The van der Waals surface area contributed by atoms with Gasteiger partial charge in [-0.25, -0.2) is 8.42 Å². The second-order valence-corrected chi connectivity index (χ2v) is 8.87. The first-order valence-corrected chi connectivity index (χ1v) is 10.4. The molecule has 2 aromatic rings. The van der Waals surface area contributed by atoms with E-state index >= 15 is 0 Å². The fraction of sp³-hybridized carbons (Fsp3) is 0.400. The highest BCUT2D eigenvalue weighted by Gasteiger charge is 2.56. The van der Waals surface area contributed by atoms with Crippen molar-refractivity contribution in [3.05, 3.63) is 65.7 Å². The maximum absolute atomic E-state index is 13.4. The summed E-state index contributed by atoms with van der Waals surface area (Å²) < 4.78 is 33.6. The van der Waals surface area contributed by atoms with Crippen LogP contribution in [0.2, 0.25) is 0 Å². The normalized spacial score (nSPS) is 25.0. The number of hydrogen-bond donors (Lipinski definition) is 0. The number of rotatable bonds is 5. The van der Waals surface area contributed by atoms with Crippen molar-refractivity contribution in [2.45, 2.75) is 23.4 Å². The highest BCUT2D eigenvalue weighted by Crippen LogP contribution is 2.49. The Balaban J connectivity index is 1.76. The van der Waals surface area contributed by atoms with Gasteiger partial charge < -0.3 is 4.74 Å². The smallest absolute Gasteiger partial charge is 0.244 e. The summed E-state index contributed by atoms with van der Waals surface area (Å²) in [5.74, 6) is 0. The molecule has 2 aliphatic heterocycles. The zero-order valence-electron chi connectivity index (χ0n) is 15.0. The fourth-order valence-electron chi connectivity index (χ4n) is 4.25. The third-order valence-corrected chi connectivity index (χ3v) is 7.51. The van der Waals surface area contributed by atoms with Gasteiger partial charge in [0.05, 0.1) is 17.0 Å². The highest BCUT2D eigenvalue weighted by molar-refractivity contribution is 7.89. The summed E-state index contributed by atoms with van der Waals surface area (Å²) in [6, 6.07) is 17.3. The van der Waals surface area contributed by atoms with Gasteiger partial charge in [-0.1, -0.05) is 48.5 Å². The van der Waals surface area contributed by atoms with Crippen molar-refractivity contribution in [1.82, 2.24) is 9.21 Å². The molecule has 0 N–H and O–H groups in total. The number of sulfonamides is 1. The molecular formula is C20H24N2O3S. The van der Waals surface area contributed by atoms with Crippen molar-refractivity contribution in [2.75, 3.05) is 33.4 Å². The topological polar surface area (TPSA) is 49.9 Å². The van der Waals surface area contributed by atoms with Gasteiger partial charge in [0.1, 0.15) is 0 Å². The molecule has 26 heavy (non-hydrogen) atoms. The molecular weight excluding hydrogens is 348 g/mol. The standard InChI is InChI=1S/C20H24N2O3S/c1-25-14-13-21-12-11-20(16-21)18-9-5-6-10-19(18)26(23,24)22(20)15-17-7-3-2-4-8-17/h2-10H,11-16H2,1H3/t20-/m1/s1. The van der Waals surface area contributed by atoms with E-state index in [0.717, 1.165) is 30.6 Å². The van der Waals surface area contributed by atoms with Crippen molar-refractivity contribution in [1.29, 1.82) is 0 Å². The Morgan fingerprint density at radius 2 is 1.81 bits per heavy atom. The molecule has 0 bridgehead atoms. The predicted octanol–water partition coefficient (Wildman–Crippen LogP) is 2.44. The molecule has 0 aliphatic carbocycles. The Kier molecular flexibility index (Phi) is 4.61. The third-order valence-electron chi connectivity index (χ3n) is 5.54. The molecule has 2 aliphatic rings. The summed E-state index contributed by atoms with van der Waals surface area (Å²) in [5, 5.41) is 0. The number of benzene rings is 2. The lowest BCUT2D eigenvalue weighted by molar-refractivity contribution is 0.142. The van der Waals surface area contributed by atoms with E-state index < -0.39 is 15.6 Å². The minimum absolute atomic E-state index is 0.399. The first-order chi connectivity index (χ1) is 12.6. The lowest BCUT2D eigenvalue weighted by Gasteiger charge is -2.34. The van der Waals surface area contributed by atoms with Crippen LogP contribution in [0.25, 0.3) is 0 Å². The Morgan fingerprint density at radius 3 is 2.58 bits per heavy atom. The maximum atomic E-state index is 13.4. The van der Waals surface area contributed by atoms with Crippen LogP contribution in [0.1, 0.15) is 17.5 Å². The van der Waals surface area contributed by atoms with E-state index in [9.17, 15) is 8.42 Å². The number of ether oxygens (including phenoxy) is 1. The Labute approximate surface area is 155 Å². The summed E-state index contributed by atoms with van der Waals surface area (Å²) in [6.45, 7) is 3.46. The largest absolute Gasteiger partial charge is 0.383 e. The number of hydrogen-bond acceptors (Lipinski definition) is 4. The van der Waals surface area contributed by atoms with E-state index in [4.69, 9.17) is 4.74 Å². The molecule has 1 saturated heterocycles. The van der Waals surface area contributed by atoms with Crippen LogP contribution < -0.4 is 0 Å². The number of likely N-dealkylation sites (tertiary alicyclic amines) is 1. The van der Waals surface area contributed by atoms with Crippen LogP contribution in [0, 0.1) is 0 Å². The van der Waals surface area contributed by atoms with E-state index in [-0.39, 0.29) is 0 Å². The quantitative estimate of drug-likeness (QED) is 0.809. The molecule has 0 amide bonds. The highest BCUT2D eigenvalue weighted by atomic mass is 32.2. The van der Waals surface area contributed by atoms with Crippen molar-refractivity contribution in [2.24, 2.45) is 0 Å². The molecule has 0 radical (unpaired) electrons. The summed E-state index contributed by atoms with van der Waals surface area (Å²) in [4.78, 5) is 2.77. The minimum atomic E-state index is -3.50. The third kappa shape index (κ3) is 2.77. The average molecular weight is 372 g/mol. The maximum Gasteiger partial charge on any atom is 0.244 e. The van der Waals surface area contributed by atoms with Gasteiger partial charge in [0.25, 0.3) is 0 Å². The van der Waals surface area contributed by atoms with Crippen LogP contribution in [0.15, 0.2) is 59.5 Å².